The molecule has 3 aromatic heterocycles. The van der Waals surface area contributed by atoms with Gasteiger partial charge in [-0.25, -0.2) is 0 Å². The molecule has 10 heteroatoms. The lowest BCUT2D eigenvalue weighted by Gasteiger charge is -2.23. The highest BCUT2D eigenvalue weighted by atomic mass is 16.1. The van der Waals surface area contributed by atoms with E-state index >= 15 is 0 Å². The molecule has 1 saturated heterocycles. The highest BCUT2D eigenvalue weighted by Gasteiger charge is 2.55. The zero-order valence-corrected chi connectivity index (χ0v) is 20.6. The fourth-order valence-corrected chi connectivity index (χ4v) is 5.71. The van der Waals surface area contributed by atoms with Crippen molar-refractivity contribution in [3.63, 3.8) is 0 Å². The second-order valence-corrected chi connectivity index (χ2v) is 10.2. The lowest BCUT2D eigenvalue weighted by molar-refractivity contribution is 0.100. The molecule has 2 fully saturated rings. The van der Waals surface area contributed by atoms with Gasteiger partial charge in [-0.1, -0.05) is 0 Å². The van der Waals surface area contributed by atoms with Gasteiger partial charge in [-0.15, -0.1) is 10.2 Å². The molecule has 1 saturated carbocycles. The average Bonchev–Trinajstić information content (AvgIpc) is 3.41. The summed E-state index contributed by atoms with van der Waals surface area (Å²) < 4.78 is 3.92. The molecule has 0 bridgehead atoms. The summed E-state index contributed by atoms with van der Waals surface area (Å²) in [6.45, 7) is 12.4. The van der Waals surface area contributed by atoms with Gasteiger partial charge in [0.2, 0.25) is 5.91 Å². The average molecular weight is 474 g/mol. The van der Waals surface area contributed by atoms with Crippen molar-refractivity contribution in [1.82, 2.24) is 39.6 Å². The number of aromatic amines is 1. The van der Waals surface area contributed by atoms with Gasteiger partial charge in [0, 0.05) is 48.7 Å². The van der Waals surface area contributed by atoms with Crippen LogP contribution in [0.25, 0.3) is 33.8 Å². The van der Waals surface area contributed by atoms with Gasteiger partial charge in [0.05, 0.1) is 17.4 Å². The van der Waals surface area contributed by atoms with Crippen molar-refractivity contribution in [2.24, 2.45) is 23.5 Å². The number of carbonyl (C=O) groups excluding carboxylic acids is 1. The normalized spacial score (nSPS) is 21.8. The first-order valence-corrected chi connectivity index (χ1v) is 12.3. The zero-order valence-electron chi connectivity index (χ0n) is 20.6. The summed E-state index contributed by atoms with van der Waals surface area (Å²) in [5, 5.41) is 18.9. The Morgan fingerprint density at radius 1 is 1.14 bits per heavy atom. The lowest BCUT2D eigenvalue weighted by atomic mass is 10.0. The molecule has 1 amide bonds. The largest absolute Gasteiger partial charge is 0.366 e. The number of carbonyl (C=O) groups is 1. The fraction of sp³-hybridized carbons (Fsp3) is 0.480. The molecule has 3 N–H and O–H groups in total. The SMILES string of the molecule is CCn1nc(C)cc1-c1nnc(-c2cc(C(N)=O)cc3c2cnn3C[C@H]2C3CN(C(C)C)C[C@@H]32)[nH]1. The van der Waals surface area contributed by atoms with E-state index < -0.39 is 5.91 Å². The number of amides is 1. The van der Waals surface area contributed by atoms with Crippen molar-refractivity contribution in [3.8, 4) is 22.9 Å². The number of H-pyrrole nitrogens is 1. The van der Waals surface area contributed by atoms with Crippen molar-refractivity contribution in [2.45, 2.75) is 46.8 Å². The standard InChI is InChI=1S/C25H31N9O/c1-5-33-22(6-14(4)31-33)25-28-24(29-30-25)16-7-15(23(26)35)8-21-17(16)9-27-34(21)12-20-18-10-32(13(2)3)11-19(18)20/h6-9,13,18-20H,5,10-12H2,1-4H3,(H2,26,35)(H,28,29,30)/t18-,19?,20+/m0/s1. The number of aromatic nitrogens is 7. The van der Waals surface area contributed by atoms with Crippen LogP contribution in [0.15, 0.2) is 24.4 Å². The molecule has 182 valence electrons. The van der Waals surface area contributed by atoms with E-state index in [2.05, 4.69) is 39.0 Å². The first-order chi connectivity index (χ1) is 16.8. The van der Waals surface area contributed by atoms with Crippen LogP contribution >= 0.6 is 0 Å². The summed E-state index contributed by atoms with van der Waals surface area (Å²) in [6.07, 6.45) is 1.86. The van der Waals surface area contributed by atoms with E-state index in [0.29, 0.717) is 29.2 Å². The number of hydrogen-bond acceptors (Lipinski definition) is 6. The minimum atomic E-state index is -0.476. The highest BCUT2D eigenvalue weighted by molar-refractivity contribution is 6.02. The maximum atomic E-state index is 12.2. The Hall–Kier alpha value is -3.53. The van der Waals surface area contributed by atoms with Crippen LogP contribution in [-0.4, -0.2) is 64.7 Å². The molecule has 2 aliphatic rings. The number of nitrogens with one attached hydrogen (secondary N) is 1. The van der Waals surface area contributed by atoms with Gasteiger partial charge in [-0.3, -0.25) is 14.2 Å². The van der Waals surface area contributed by atoms with Crippen LogP contribution in [0, 0.1) is 24.7 Å². The topological polar surface area (TPSA) is 124 Å². The molecule has 10 nitrogen and oxygen atoms in total. The maximum Gasteiger partial charge on any atom is 0.248 e. The summed E-state index contributed by atoms with van der Waals surface area (Å²) in [6, 6.07) is 6.20. The number of benzene rings is 1. The third kappa shape index (κ3) is 3.63. The van der Waals surface area contributed by atoms with Gasteiger partial charge in [-0.05, 0) is 63.6 Å². The number of piperidine rings is 1. The molecule has 1 unspecified atom stereocenters. The number of hydrogen-bond donors (Lipinski definition) is 2. The summed E-state index contributed by atoms with van der Waals surface area (Å²) in [4.78, 5) is 18.1. The number of likely N-dealkylation sites (tertiary alicyclic amines) is 1. The molecule has 1 aliphatic carbocycles. The molecule has 1 aromatic carbocycles. The highest BCUT2D eigenvalue weighted by Crippen LogP contribution is 2.53. The fourth-order valence-electron chi connectivity index (χ4n) is 5.71. The van der Waals surface area contributed by atoms with Gasteiger partial charge in [0.15, 0.2) is 11.6 Å². The monoisotopic (exact) mass is 473 g/mol. The van der Waals surface area contributed by atoms with Crippen molar-refractivity contribution in [1.29, 1.82) is 0 Å². The van der Waals surface area contributed by atoms with E-state index in [1.165, 1.54) is 13.1 Å². The van der Waals surface area contributed by atoms with Crippen molar-refractivity contribution in [2.75, 3.05) is 13.1 Å². The van der Waals surface area contributed by atoms with Gasteiger partial charge in [-0.2, -0.15) is 10.2 Å². The lowest BCUT2D eigenvalue weighted by Crippen LogP contribution is -2.31. The Morgan fingerprint density at radius 2 is 1.89 bits per heavy atom. The predicted octanol–water partition coefficient (Wildman–Crippen LogP) is 2.70. The van der Waals surface area contributed by atoms with Gasteiger partial charge in [0.25, 0.3) is 0 Å². The van der Waals surface area contributed by atoms with E-state index in [0.717, 1.165) is 52.8 Å². The molecule has 1 aliphatic heterocycles. The van der Waals surface area contributed by atoms with E-state index in [1.807, 2.05) is 41.5 Å². The summed E-state index contributed by atoms with van der Waals surface area (Å²) in [5.41, 5.74) is 9.60. The minimum absolute atomic E-state index is 0.434. The van der Waals surface area contributed by atoms with Crippen molar-refractivity contribution >= 4 is 16.8 Å². The second-order valence-electron chi connectivity index (χ2n) is 10.2. The Kier molecular flexibility index (Phi) is 5.03. The first kappa shape index (κ1) is 22.0. The van der Waals surface area contributed by atoms with Crippen LogP contribution in [-0.2, 0) is 13.1 Å². The van der Waals surface area contributed by atoms with Gasteiger partial charge < -0.3 is 15.6 Å². The minimum Gasteiger partial charge on any atom is -0.366 e. The van der Waals surface area contributed by atoms with E-state index in [-0.39, 0.29) is 0 Å². The summed E-state index contributed by atoms with van der Waals surface area (Å²) >= 11 is 0. The number of primary amides is 1. The Balaban J connectivity index is 1.34. The van der Waals surface area contributed by atoms with Gasteiger partial charge in [0.1, 0.15) is 5.69 Å². The molecule has 4 aromatic rings. The zero-order chi connectivity index (χ0) is 24.4. The Labute approximate surface area is 203 Å². The van der Waals surface area contributed by atoms with E-state index in [1.54, 1.807) is 6.07 Å². The van der Waals surface area contributed by atoms with Crippen LogP contribution in [0.1, 0.15) is 36.8 Å². The molecule has 0 spiro atoms. The summed E-state index contributed by atoms with van der Waals surface area (Å²) in [5.74, 6) is 2.83. The number of aryl methyl sites for hydroxylation is 2. The Morgan fingerprint density at radius 3 is 2.57 bits per heavy atom. The molecule has 6 rings (SSSR count). The molecule has 4 heterocycles. The molecular weight excluding hydrogens is 442 g/mol. The molecule has 3 atom stereocenters. The molecular formula is C25H31N9O. The Bertz CT molecular complexity index is 1420. The van der Waals surface area contributed by atoms with Crippen molar-refractivity contribution in [3.05, 3.63) is 35.7 Å². The maximum absolute atomic E-state index is 12.2. The summed E-state index contributed by atoms with van der Waals surface area (Å²) in [7, 11) is 0. The van der Waals surface area contributed by atoms with Crippen molar-refractivity contribution < 1.29 is 4.79 Å². The van der Waals surface area contributed by atoms with Gasteiger partial charge >= 0.3 is 0 Å². The molecule has 35 heavy (non-hydrogen) atoms. The third-order valence-corrected chi connectivity index (χ3v) is 7.75. The van der Waals surface area contributed by atoms with E-state index in [4.69, 9.17) is 10.8 Å². The number of nitrogens with zero attached hydrogens (tertiary/aromatic N) is 7. The quantitative estimate of drug-likeness (QED) is 0.425. The van der Waals surface area contributed by atoms with Crippen LogP contribution in [0.4, 0.5) is 0 Å². The van der Waals surface area contributed by atoms with E-state index in [9.17, 15) is 4.79 Å². The smallest absolute Gasteiger partial charge is 0.248 e. The predicted molar refractivity (Wildman–Crippen MR) is 132 cm³/mol. The van der Waals surface area contributed by atoms with Crippen LogP contribution in [0.3, 0.4) is 0 Å². The number of fused-ring (bicyclic) bond motifs is 2. The van der Waals surface area contributed by atoms with Crippen LogP contribution in [0.2, 0.25) is 0 Å². The number of rotatable bonds is 7. The third-order valence-electron chi connectivity index (χ3n) is 7.75. The first-order valence-electron chi connectivity index (χ1n) is 12.3. The van der Waals surface area contributed by atoms with Crippen LogP contribution in [0.5, 0.6) is 0 Å². The molecule has 0 radical (unpaired) electrons. The number of nitrogens with two attached hydrogens (primary N) is 1. The van der Waals surface area contributed by atoms with Crippen LogP contribution < -0.4 is 5.73 Å². The second kappa shape index (κ2) is 8.01.